The molecule has 180 valence electrons. The lowest BCUT2D eigenvalue weighted by Crippen LogP contribution is -2.37. The molecule has 3 N–H and O–H groups in total. The molecule has 0 amide bonds. The third-order valence-corrected chi connectivity index (χ3v) is 6.01. The van der Waals surface area contributed by atoms with E-state index in [0.717, 1.165) is 74.6 Å². The molecular formula is C23H30N8O3. The molecule has 0 unspecified atom stereocenters. The number of aromatic nitrogens is 4. The Morgan fingerprint density at radius 3 is 2.79 bits per heavy atom. The zero-order valence-electron chi connectivity index (χ0n) is 19.4. The Morgan fingerprint density at radius 1 is 1.18 bits per heavy atom. The average molecular weight is 467 g/mol. The maximum absolute atomic E-state index is 6.12. The Bertz CT molecular complexity index is 1210. The molecular weight excluding hydrogens is 436 g/mol. The number of nitrogens with one attached hydrogen (secondary N) is 1. The van der Waals surface area contributed by atoms with E-state index in [2.05, 4.69) is 24.8 Å². The van der Waals surface area contributed by atoms with Gasteiger partial charge in [0.2, 0.25) is 11.6 Å². The molecule has 0 spiro atoms. The Balaban J connectivity index is 1.40. The maximum Gasteiger partial charge on any atom is 0.227 e. The number of fused-ring (bicyclic) bond motifs is 3. The first-order chi connectivity index (χ1) is 16.7. The zero-order valence-corrected chi connectivity index (χ0v) is 19.4. The molecule has 0 aliphatic carbocycles. The van der Waals surface area contributed by atoms with E-state index < -0.39 is 0 Å². The minimum atomic E-state index is 0.245. The molecule has 3 aromatic rings. The van der Waals surface area contributed by atoms with Crippen LogP contribution in [0.3, 0.4) is 0 Å². The molecule has 4 heterocycles. The van der Waals surface area contributed by atoms with Crippen LogP contribution in [0.5, 0.6) is 11.5 Å². The number of morpholine rings is 1. The van der Waals surface area contributed by atoms with E-state index >= 15 is 0 Å². The second kappa shape index (κ2) is 10.2. The van der Waals surface area contributed by atoms with E-state index in [1.54, 1.807) is 19.5 Å². The number of nitrogen functional groups attached to an aromatic ring is 1. The van der Waals surface area contributed by atoms with E-state index in [4.69, 9.17) is 29.9 Å². The topological polar surface area (TPSA) is 125 Å². The first-order valence-corrected chi connectivity index (χ1v) is 11.6. The average Bonchev–Trinajstić information content (AvgIpc) is 3.37. The molecule has 11 nitrogen and oxygen atoms in total. The predicted molar refractivity (Wildman–Crippen MR) is 128 cm³/mol. The van der Waals surface area contributed by atoms with Gasteiger partial charge in [-0.15, -0.1) is 0 Å². The van der Waals surface area contributed by atoms with Crippen LogP contribution in [-0.2, 0) is 17.8 Å². The normalized spacial score (nSPS) is 16.4. The van der Waals surface area contributed by atoms with Crippen LogP contribution in [0.2, 0.25) is 0 Å². The minimum Gasteiger partial charge on any atom is -0.491 e. The number of anilines is 2. The molecule has 0 atom stereocenters. The van der Waals surface area contributed by atoms with Crippen LogP contribution in [0.25, 0.3) is 10.9 Å². The van der Waals surface area contributed by atoms with Crippen LogP contribution < -0.4 is 26.1 Å². The highest BCUT2D eigenvalue weighted by Gasteiger charge is 2.20. The summed E-state index contributed by atoms with van der Waals surface area (Å²) >= 11 is 0. The van der Waals surface area contributed by atoms with Gasteiger partial charge in [-0.1, -0.05) is 0 Å². The first-order valence-electron chi connectivity index (χ1n) is 11.6. The summed E-state index contributed by atoms with van der Waals surface area (Å²) in [5, 5.41) is 4.43. The van der Waals surface area contributed by atoms with Crippen molar-refractivity contribution in [2.75, 3.05) is 64.2 Å². The van der Waals surface area contributed by atoms with Crippen molar-refractivity contribution < 1.29 is 14.2 Å². The van der Waals surface area contributed by atoms with E-state index in [-0.39, 0.29) is 5.95 Å². The van der Waals surface area contributed by atoms with Gasteiger partial charge in [-0.25, -0.2) is 19.9 Å². The van der Waals surface area contributed by atoms with Gasteiger partial charge < -0.3 is 25.3 Å². The van der Waals surface area contributed by atoms with Crippen molar-refractivity contribution >= 4 is 22.7 Å². The number of nitrogens with two attached hydrogens (primary N) is 1. The van der Waals surface area contributed by atoms with Crippen LogP contribution in [0, 0.1) is 0 Å². The fraction of sp³-hybridized carbons (Fsp3) is 0.478. The largest absolute Gasteiger partial charge is 0.491 e. The van der Waals surface area contributed by atoms with Gasteiger partial charge in [-0.3, -0.25) is 9.47 Å². The number of benzene rings is 1. The number of rotatable bonds is 8. The smallest absolute Gasteiger partial charge is 0.227 e. The summed E-state index contributed by atoms with van der Waals surface area (Å²) in [5.41, 5.74) is 7.79. The molecule has 2 aromatic heterocycles. The highest BCUT2D eigenvalue weighted by atomic mass is 16.5. The summed E-state index contributed by atoms with van der Waals surface area (Å²) in [6.07, 6.45) is 4.29. The van der Waals surface area contributed by atoms with Gasteiger partial charge in [0.05, 0.1) is 33.5 Å². The van der Waals surface area contributed by atoms with Crippen molar-refractivity contribution in [2.24, 2.45) is 4.99 Å². The lowest BCUT2D eigenvalue weighted by molar-refractivity contribution is 0.0357. The van der Waals surface area contributed by atoms with Crippen molar-refractivity contribution in [3.05, 3.63) is 35.7 Å². The Morgan fingerprint density at radius 2 is 2.00 bits per heavy atom. The number of hydrogen-bond acceptors (Lipinski definition) is 10. The van der Waals surface area contributed by atoms with Gasteiger partial charge >= 0.3 is 0 Å². The number of ether oxygens (including phenoxy) is 3. The maximum atomic E-state index is 6.12. The lowest BCUT2D eigenvalue weighted by atomic mass is 10.2. The molecule has 0 saturated carbocycles. The van der Waals surface area contributed by atoms with Crippen LogP contribution in [0.4, 0.5) is 11.8 Å². The fourth-order valence-corrected chi connectivity index (χ4v) is 4.28. The summed E-state index contributed by atoms with van der Waals surface area (Å²) < 4.78 is 19.4. The predicted octanol–water partition coefficient (Wildman–Crippen LogP) is 1.04. The van der Waals surface area contributed by atoms with E-state index in [9.17, 15) is 0 Å². The summed E-state index contributed by atoms with van der Waals surface area (Å²) in [7, 11) is 1.65. The highest BCUT2D eigenvalue weighted by Crippen LogP contribution is 2.37. The summed E-state index contributed by atoms with van der Waals surface area (Å²) in [6.45, 7) is 7.17. The monoisotopic (exact) mass is 466 g/mol. The van der Waals surface area contributed by atoms with E-state index in [1.165, 1.54) is 0 Å². The van der Waals surface area contributed by atoms with Gasteiger partial charge in [-0.05, 0) is 18.6 Å². The van der Waals surface area contributed by atoms with Crippen molar-refractivity contribution in [2.45, 2.75) is 19.5 Å². The summed E-state index contributed by atoms with van der Waals surface area (Å²) in [4.78, 5) is 20.1. The quantitative estimate of drug-likeness (QED) is 0.469. The number of methoxy groups -OCH3 is 1. The molecule has 11 heteroatoms. The minimum absolute atomic E-state index is 0.245. The Hall–Kier alpha value is -3.44. The first kappa shape index (κ1) is 22.4. The molecule has 0 bridgehead atoms. The van der Waals surface area contributed by atoms with Crippen molar-refractivity contribution in [3.8, 4) is 11.5 Å². The third-order valence-electron chi connectivity index (χ3n) is 6.01. The van der Waals surface area contributed by atoms with Crippen LogP contribution in [0.1, 0.15) is 12.0 Å². The zero-order chi connectivity index (χ0) is 23.3. The summed E-state index contributed by atoms with van der Waals surface area (Å²) in [6, 6.07) is 3.99. The second-order valence-corrected chi connectivity index (χ2v) is 8.25. The van der Waals surface area contributed by atoms with E-state index in [1.807, 2.05) is 12.1 Å². The highest BCUT2D eigenvalue weighted by molar-refractivity contribution is 5.95. The molecule has 2 aliphatic heterocycles. The molecule has 5 rings (SSSR count). The van der Waals surface area contributed by atoms with Crippen molar-refractivity contribution in [1.82, 2.24) is 24.4 Å². The van der Waals surface area contributed by atoms with Crippen molar-refractivity contribution in [1.29, 1.82) is 0 Å². The fourth-order valence-electron chi connectivity index (χ4n) is 4.28. The molecule has 1 fully saturated rings. The Kier molecular flexibility index (Phi) is 6.72. The summed E-state index contributed by atoms with van der Waals surface area (Å²) in [5.74, 6) is 2.53. The van der Waals surface area contributed by atoms with Gasteiger partial charge in [0.15, 0.2) is 11.5 Å². The molecule has 2 aliphatic rings. The second-order valence-electron chi connectivity index (χ2n) is 8.25. The lowest BCUT2D eigenvalue weighted by Gasteiger charge is -2.26. The SMILES string of the molecule is COc1c(OCCCN2CCOCC2)ccc2c3n(c(=NCc4cnc(N)nc4)nc12)CCN3. The van der Waals surface area contributed by atoms with Crippen LogP contribution in [0.15, 0.2) is 29.5 Å². The molecule has 34 heavy (non-hydrogen) atoms. The molecule has 0 radical (unpaired) electrons. The van der Waals surface area contributed by atoms with Gasteiger partial charge in [0.25, 0.3) is 0 Å². The molecule has 1 saturated heterocycles. The molecule has 1 aromatic carbocycles. The standard InChI is InChI=1S/C23H30N8O3/c1-32-20-18(34-10-2-6-30-8-11-33-12-9-30)4-3-17-19(20)29-23(31-7-5-25-21(17)31)28-15-16-13-26-22(24)27-14-16/h3-4,13-14,25H,2,5-12,15H2,1H3,(H2,24,26,27). The number of hydrogen-bond donors (Lipinski definition) is 2. The van der Waals surface area contributed by atoms with Gasteiger partial charge in [0, 0.05) is 56.1 Å². The van der Waals surface area contributed by atoms with Gasteiger partial charge in [0.1, 0.15) is 11.3 Å². The van der Waals surface area contributed by atoms with Crippen LogP contribution >= 0.6 is 0 Å². The third kappa shape index (κ3) is 4.75. The van der Waals surface area contributed by atoms with E-state index in [0.29, 0.717) is 30.3 Å². The Labute approximate surface area is 197 Å². The van der Waals surface area contributed by atoms with Crippen molar-refractivity contribution in [3.63, 3.8) is 0 Å². The van der Waals surface area contributed by atoms with Gasteiger partial charge in [-0.2, -0.15) is 0 Å². The van der Waals surface area contributed by atoms with Crippen LogP contribution in [-0.4, -0.2) is 77.5 Å². The number of nitrogens with zero attached hydrogens (tertiary/aromatic N) is 6.